The predicted molar refractivity (Wildman–Crippen MR) is 87.6 cm³/mol. The molecule has 0 aliphatic heterocycles. The number of ether oxygens (including phenoxy) is 1. The summed E-state index contributed by atoms with van der Waals surface area (Å²) in [6.45, 7) is 5.51. The average Bonchev–Trinajstić information content (AvgIpc) is 2.84. The molecule has 0 aromatic heterocycles. The monoisotopic (exact) mass is 302 g/mol. The Balaban J connectivity index is 1.60. The van der Waals surface area contributed by atoms with Crippen LogP contribution in [0.2, 0.25) is 0 Å². The van der Waals surface area contributed by atoms with Crippen LogP contribution in [0.3, 0.4) is 0 Å². The number of carbonyl (C=O) groups is 1. The standard InChI is InChI=1S/C20H30O2/c1-3-22-19-9-8-18-17-6-4-13-12-14(21)5-7-15(13)16(17)10-11-20(18,19)2/h16-19H,3-12H2,1-2H3/t16-,17+,18+,19+,20+/m1/s1. The molecule has 0 amide bonds. The number of carbonyl (C=O) groups excluding carboxylic acids is 1. The van der Waals surface area contributed by atoms with Gasteiger partial charge in [-0.15, -0.1) is 0 Å². The number of rotatable bonds is 2. The Morgan fingerprint density at radius 1 is 1.14 bits per heavy atom. The molecule has 2 nitrogen and oxygen atoms in total. The van der Waals surface area contributed by atoms with Gasteiger partial charge in [-0.2, -0.15) is 0 Å². The molecular weight excluding hydrogens is 272 g/mol. The van der Waals surface area contributed by atoms with Gasteiger partial charge in [0, 0.05) is 19.4 Å². The minimum absolute atomic E-state index is 0.416. The zero-order valence-corrected chi connectivity index (χ0v) is 14.2. The van der Waals surface area contributed by atoms with Gasteiger partial charge in [0.05, 0.1) is 6.10 Å². The number of fused-ring (bicyclic) bond motifs is 4. The molecule has 4 rings (SSSR count). The molecule has 2 saturated carbocycles. The summed E-state index contributed by atoms with van der Waals surface area (Å²) in [6, 6.07) is 0. The van der Waals surface area contributed by atoms with Gasteiger partial charge in [0.15, 0.2) is 0 Å². The van der Waals surface area contributed by atoms with Crippen LogP contribution < -0.4 is 0 Å². The first kappa shape index (κ1) is 14.9. The summed E-state index contributed by atoms with van der Waals surface area (Å²) in [5.74, 6) is 3.01. The number of hydrogen-bond acceptors (Lipinski definition) is 2. The Morgan fingerprint density at radius 3 is 2.82 bits per heavy atom. The summed E-state index contributed by atoms with van der Waals surface area (Å²) in [6.07, 6.45) is 11.0. The topological polar surface area (TPSA) is 26.3 Å². The van der Waals surface area contributed by atoms with Crippen LogP contribution in [0.4, 0.5) is 0 Å². The smallest absolute Gasteiger partial charge is 0.137 e. The van der Waals surface area contributed by atoms with Crippen LogP contribution in [0, 0.1) is 23.2 Å². The summed E-state index contributed by atoms with van der Waals surface area (Å²) in [4.78, 5) is 11.8. The van der Waals surface area contributed by atoms with E-state index in [-0.39, 0.29) is 0 Å². The number of Topliss-reactive ketones (excluding diaryl/α,β-unsaturated/α-hetero) is 1. The normalized spacial score (nSPS) is 44.5. The average molecular weight is 302 g/mol. The van der Waals surface area contributed by atoms with Crippen LogP contribution in [0.25, 0.3) is 0 Å². The Hall–Kier alpha value is -0.630. The summed E-state index contributed by atoms with van der Waals surface area (Å²) >= 11 is 0. The van der Waals surface area contributed by atoms with E-state index in [9.17, 15) is 4.79 Å². The van der Waals surface area contributed by atoms with Crippen molar-refractivity contribution in [2.24, 2.45) is 23.2 Å². The third kappa shape index (κ3) is 2.13. The third-order valence-corrected chi connectivity index (χ3v) is 7.48. The summed E-state index contributed by atoms with van der Waals surface area (Å²) in [7, 11) is 0. The van der Waals surface area contributed by atoms with Gasteiger partial charge in [0.1, 0.15) is 5.78 Å². The van der Waals surface area contributed by atoms with Gasteiger partial charge in [-0.05, 0) is 75.0 Å². The van der Waals surface area contributed by atoms with E-state index in [0.29, 0.717) is 17.3 Å². The highest BCUT2D eigenvalue weighted by molar-refractivity contribution is 5.82. The van der Waals surface area contributed by atoms with Gasteiger partial charge in [0.25, 0.3) is 0 Å². The minimum atomic E-state index is 0.416. The van der Waals surface area contributed by atoms with Crippen molar-refractivity contribution >= 4 is 5.78 Å². The summed E-state index contributed by atoms with van der Waals surface area (Å²) < 4.78 is 6.12. The lowest BCUT2D eigenvalue weighted by Gasteiger charge is -2.51. The molecule has 0 aromatic carbocycles. The van der Waals surface area contributed by atoms with Crippen LogP contribution in [0.5, 0.6) is 0 Å². The zero-order valence-electron chi connectivity index (χ0n) is 14.2. The molecule has 2 heteroatoms. The highest BCUT2D eigenvalue weighted by Crippen LogP contribution is 2.61. The number of ketones is 1. The molecule has 22 heavy (non-hydrogen) atoms. The van der Waals surface area contributed by atoms with Crippen molar-refractivity contribution in [1.29, 1.82) is 0 Å². The molecule has 0 radical (unpaired) electrons. The molecule has 4 aliphatic rings. The maximum atomic E-state index is 11.8. The Kier molecular flexibility index (Phi) is 3.71. The van der Waals surface area contributed by atoms with E-state index in [1.807, 2.05) is 0 Å². The lowest BCUT2D eigenvalue weighted by atomic mass is 9.54. The Bertz CT molecular complexity index is 506. The lowest BCUT2D eigenvalue weighted by molar-refractivity contribution is -0.119. The van der Waals surface area contributed by atoms with E-state index in [2.05, 4.69) is 13.8 Å². The fourth-order valence-electron chi connectivity index (χ4n) is 6.48. The molecule has 4 aliphatic carbocycles. The van der Waals surface area contributed by atoms with Crippen LogP contribution in [0.1, 0.15) is 71.6 Å². The van der Waals surface area contributed by atoms with E-state index in [1.165, 1.54) is 38.5 Å². The van der Waals surface area contributed by atoms with Crippen LogP contribution in [-0.4, -0.2) is 18.5 Å². The molecule has 0 unspecified atom stereocenters. The maximum Gasteiger partial charge on any atom is 0.137 e. The fourth-order valence-corrected chi connectivity index (χ4v) is 6.48. The Morgan fingerprint density at radius 2 is 2.00 bits per heavy atom. The van der Waals surface area contributed by atoms with Crippen molar-refractivity contribution in [2.75, 3.05) is 6.61 Å². The van der Waals surface area contributed by atoms with Crippen molar-refractivity contribution in [3.8, 4) is 0 Å². The molecule has 0 saturated heterocycles. The number of hydrogen-bond donors (Lipinski definition) is 0. The van der Waals surface area contributed by atoms with Crippen molar-refractivity contribution in [3.63, 3.8) is 0 Å². The highest BCUT2D eigenvalue weighted by atomic mass is 16.5. The Labute approximate surface area is 134 Å². The molecule has 0 bridgehead atoms. The highest BCUT2D eigenvalue weighted by Gasteiger charge is 2.55. The third-order valence-electron chi connectivity index (χ3n) is 7.48. The molecule has 5 atom stereocenters. The van der Waals surface area contributed by atoms with Crippen LogP contribution in [0.15, 0.2) is 11.1 Å². The minimum Gasteiger partial charge on any atom is -0.378 e. The van der Waals surface area contributed by atoms with E-state index >= 15 is 0 Å². The SMILES string of the molecule is CCO[C@H]1CC[C@H]2[C@H]3CCC4=C(CCC(=O)C4)[C@H]3CC[C@]12C. The van der Waals surface area contributed by atoms with Gasteiger partial charge in [-0.25, -0.2) is 0 Å². The maximum absolute atomic E-state index is 11.8. The summed E-state index contributed by atoms with van der Waals surface area (Å²) in [5, 5.41) is 0. The molecule has 0 spiro atoms. The summed E-state index contributed by atoms with van der Waals surface area (Å²) in [5.41, 5.74) is 3.68. The number of allylic oxidation sites excluding steroid dienone is 2. The quantitative estimate of drug-likeness (QED) is 0.692. The second-order valence-electron chi connectivity index (χ2n) is 8.33. The van der Waals surface area contributed by atoms with Crippen LogP contribution >= 0.6 is 0 Å². The molecule has 0 heterocycles. The molecular formula is C20H30O2. The van der Waals surface area contributed by atoms with E-state index < -0.39 is 0 Å². The lowest BCUT2D eigenvalue weighted by Crippen LogP contribution is -2.46. The molecule has 0 aromatic rings. The van der Waals surface area contributed by atoms with E-state index in [4.69, 9.17) is 4.74 Å². The second kappa shape index (κ2) is 5.47. The molecule has 122 valence electrons. The van der Waals surface area contributed by atoms with Crippen molar-refractivity contribution in [1.82, 2.24) is 0 Å². The zero-order chi connectivity index (χ0) is 15.3. The predicted octanol–water partition coefficient (Wildman–Crippen LogP) is 4.68. The second-order valence-corrected chi connectivity index (χ2v) is 8.33. The molecule has 0 N–H and O–H groups in total. The van der Waals surface area contributed by atoms with Gasteiger partial charge < -0.3 is 4.74 Å². The van der Waals surface area contributed by atoms with Gasteiger partial charge >= 0.3 is 0 Å². The van der Waals surface area contributed by atoms with Crippen molar-refractivity contribution in [3.05, 3.63) is 11.1 Å². The first-order valence-corrected chi connectivity index (χ1v) is 9.47. The van der Waals surface area contributed by atoms with Crippen molar-refractivity contribution in [2.45, 2.75) is 77.7 Å². The van der Waals surface area contributed by atoms with Crippen molar-refractivity contribution < 1.29 is 9.53 Å². The van der Waals surface area contributed by atoms with Gasteiger partial charge in [0.2, 0.25) is 0 Å². The molecule has 2 fully saturated rings. The largest absolute Gasteiger partial charge is 0.378 e. The van der Waals surface area contributed by atoms with Crippen LogP contribution in [-0.2, 0) is 9.53 Å². The van der Waals surface area contributed by atoms with Gasteiger partial charge in [-0.1, -0.05) is 18.1 Å². The first-order valence-electron chi connectivity index (χ1n) is 9.47. The fraction of sp³-hybridized carbons (Fsp3) is 0.850. The van der Waals surface area contributed by atoms with Gasteiger partial charge in [-0.3, -0.25) is 4.79 Å². The van der Waals surface area contributed by atoms with E-state index in [1.54, 1.807) is 11.1 Å². The first-order chi connectivity index (χ1) is 10.6. The van der Waals surface area contributed by atoms with E-state index in [0.717, 1.165) is 43.6 Å².